The molecule has 0 unspecified atom stereocenters. The number of carbonyl (C=O) groups is 1. The first-order valence-corrected chi connectivity index (χ1v) is 11.1. The lowest BCUT2D eigenvalue weighted by molar-refractivity contribution is 0.0782. The lowest BCUT2D eigenvalue weighted by Gasteiger charge is -2.21. The molecule has 1 fully saturated rings. The van der Waals surface area contributed by atoms with Gasteiger partial charge in [0, 0.05) is 42.8 Å². The molecule has 8 nitrogen and oxygen atoms in total. The Bertz CT molecular complexity index is 1310. The SMILES string of the molecule is Cc1cc(Nc2nccc(-c3cnc4ccccn34)n2)ccc1C(=O)N1CC[C@@H](N(C)C)C1. The number of fused-ring (bicyclic) bond motifs is 1. The van der Waals surface area contributed by atoms with Gasteiger partial charge in [-0.1, -0.05) is 6.07 Å². The Balaban J connectivity index is 1.34. The average Bonchev–Trinajstić information content (AvgIpc) is 3.47. The number of likely N-dealkylation sites (tertiary alicyclic amines) is 1. The van der Waals surface area contributed by atoms with Gasteiger partial charge in [-0.25, -0.2) is 15.0 Å². The van der Waals surface area contributed by atoms with Crippen molar-refractivity contribution in [2.24, 2.45) is 0 Å². The van der Waals surface area contributed by atoms with Gasteiger partial charge in [-0.05, 0) is 69.4 Å². The van der Waals surface area contributed by atoms with E-state index in [1.54, 1.807) is 6.20 Å². The third-order valence-electron chi connectivity index (χ3n) is 6.23. The van der Waals surface area contributed by atoms with Crippen LogP contribution in [0.25, 0.3) is 17.0 Å². The molecule has 168 valence electrons. The van der Waals surface area contributed by atoms with Crippen molar-refractivity contribution in [3.8, 4) is 11.4 Å². The van der Waals surface area contributed by atoms with Gasteiger partial charge >= 0.3 is 0 Å². The highest BCUT2D eigenvalue weighted by atomic mass is 16.2. The van der Waals surface area contributed by atoms with E-state index >= 15 is 0 Å². The molecule has 5 rings (SSSR count). The molecule has 4 aromatic rings. The highest BCUT2D eigenvalue weighted by molar-refractivity contribution is 5.96. The summed E-state index contributed by atoms with van der Waals surface area (Å²) in [6, 6.07) is 13.9. The number of pyridine rings is 1. The lowest BCUT2D eigenvalue weighted by Crippen LogP contribution is -2.34. The first-order chi connectivity index (χ1) is 16.0. The van der Waals surface area contributed by atoms with Crippen LogP contribution in [0.5, 0.6) is 0 Å². The zero-order valence-corrected chi connectivity index (χ0v) is 19.1. The van der Waals surface area contributed by atoms with Crippen LogP contribution in [0.2, 0.25) is 0 Å². The van der Waals surface area contributed by atoms with Crippen LogP contribution in [0.1, 0.15) is 22.3 Å². The normalized spacial score (nSPS) is 16.0. The number of likely N-dealkylation sites (N-methyl/N-ethyl adjacent to an activating group) is 1. The highest BCUT2D eigenvalue weighted by Gasteiger charge is 2.28. The molecule has 1 N–H and O–H groups in total. The van der Waals surface area contributed by atoms with E-state index in [4.69, 9.17) is 0 Å². The third-order valence-corrected chi connectivity index (χ3v) is 6.23. The molecule has 1 amide bonds. The molecule has 0 spiro atoms. The number of rotatable bonds is 5. The Morgan fingerprint density at radius 3 is 2.82 bits per heavy atom. The van der Waals surface area contributed by atoms with Crippen LogP contribution in [0.15, 0.2) is 61.1 Å². The van der Waals surface area contributed by atoms with E-state index in [-0.39, 0.29) is 5.91 Å². The Morgan fingerprint density at radius 2 is 2.03 bits per heavy atom. The quantitative estimate of drug-likeness (QED) is 0.510. The molecule has 1 aliphatic rings. The van der Waals surface area contributed by atoms with Crippen molar-refractivity contribution in [1.82, 2.24) is 29.2 Å². The number of nitrogens with one attached hydrogen (secondary N) is 1. The Morgan fingerprint density at radius 1 is 1.15 bits per heavy atom. The number of anilines is 2. The van der Waals surface area contributed by atoms with E-state index in [0.29, 0.717) is 12.0 Å². The number of benzene rings is 1. The van der Waals surface area contributed by atoms with E-state index < -0.39 is 0 Å². The van der Waals surface area contributed by atoms with Crippen LogP contribution >= 0.6 is 0 Å². The van der Waals surface area contributed by atoms with Crippen LogP contribution in [-0.2, 0) is 0 Å². The predicted octanol–water partition coefficient (Wildman–Crippen LogP) is 3.62. The molecule has 33 heavy (non-hydrogen) atoms. The van der Waals surface area contributed by atoms with Crippen molar-refractivity contribution in [1.29, 1.82) is 0 Å². The summed E-state index contributed by atoms with van der Waals surface area (Å²) in [6.45, 7) is 3.54. The molecule has 0 saturated carbocycles. The van der Waals surface area contributed by atoms with Gasteiger partial charge in [0.05, 0.1) is 17.6 Å². The highest BCUT2D eigenvalue weighted by Crippen LogP contribution is 2.24. The van der Waals surface area contributed by atoms with Gasteiger partial charge in [0.2, 0.25) is 5.95 Å². The summed E-state index contributed by atoms with van der Waals surface area (Å²) in [7, 11) is 4.13. The number of aryl methyl sites for hydroxylation is 1. The van der Waals surface area contributed by atoms with E-state index in [0.717, 1.165) is 53.4 Å². The van der Waals surface area contributed by atoms with Crippen LogP contribution in [0, 0.1) is 6.92 Å². The minimum absolute atomic E-state index is 0.0919. The van der Waals surface area contributed by atoms with Crippen LogP contribution in [-0.4, -0.2) is 68.3 Å². The number of hydrogen-bond donors (Lipinski definition) is 1. The molecular weight excluding hydrogens is 414 g/mol. The number of carbonyl (C=O) groups excluding carboxylic acids is 1. The molecule has 0 aliphatic carbocycles. The van der Waals surface area contributed by atoms with Crippen molar-refractivity contribution in [2.45, 2.75) is 19.4 Å². The molecule has 3 aromatic heterocycles. The fourth-order valence-corrected chi connectivity index (χ4v) is 4.31. The number of nitrogens with zero attached hydrogens (tertiary/aromatic N) is 6. The summed E-state index contributed by atoms with van der Waals surface area (Å²) >= 11 is 0. The summed E-state index contributed by atoms with van der Waals surface area (Å²) in [5.74, 6) is 0.583. The molecule has 1 saturated heterocycles. The Hall–Kier alpha value is -3.78. The maximum atomic E-state index is 13.0. The van der Waals surface area contributed by atoms with Crippen molar-refractivity contribution < 1.29 is 4.79 Å². The van der Waals surface area contributed by atoms with Gasteiger partial charge in [-0.3, -0.25) is 9.20 Å². The van der Waals surface area contributed by atoms with Gasteiger partial charge in [0.1, 0.15) is 5.65 Å². The van der Waals surface area contributed by atoms with Crippen molar-refractivity contribution >= 4 is 23.2 Å². The van der Waals surface area contributed by atoms with E-state index in [2.05, 4.69) is 39.3 Å². The largest absolute Gasteiger partial charge is 0.337 e. The Labute approximate surface area is 192 Å². The summed E-state index contributed by atoms with van der Waals surface area (Å²) in [6.07, 6.45) is 6.52. The van der Waals surface area contributed by atoms with Gasteiger partial charge in [0.25, 0.3) is 5.91 Å². The van der Waals surface area contributed by atoms with Crippen LogP contribution in [0.3, 0.4) is 0 Å². The molecule has 4 heterocycles. The number of hydrogen-bond acceptors (Lipinski definition) is 6. The molecule has 1 aromatic carbocycles. The molecule has 0 radical (unpaired) electrons. The smallest absolute Gasteiger partial charge is 0.254 e. The summed E-state index contributed by atoms with van der Waals surface area (Å²) in [4.78, 5) is 30.7. The van der Waals surface area contributed by atoms with Crippen molar-refractivity contribution in [2.75, 3.05) is 32.5 Å². The average molecular weight is 442 g/mol. The summed E-state index contributed by atoms with van der Waals surface area (Å²) < 4.78 is 2.00. The molecule has 1 aliphatic heterocycles. The van der Waals surface area contributed by atoms with Crippen molar-refractivity contribution in [3.05, 3.63) is 72.2 Å². The van der Waals surface area contributed by atoms with Crippen LogP contribution in [0.4, 0.5) is 11.6 Å². The molecule has 8 heteroatoms. The van der Waals surface area contributed by atoms with E-state index in [1.165, 1.54) is 0 Å². The molecule has 1 atom stereocenters. The maximum Gasteiger partial charge on any atom is 0.254 e. The first kappa shape index (κ1) is 21.1. The standard InChI is InChI=1S/C25H27N7O/c1-17-14-18(7-8-20(17)24(33)31-13-10-19(16-31)30(2)3)28-25-26-11-9-21(29-25)22-15-27-23-6-4-5-12-32(22)23/h4-9,11-12,14-15,19H,10,13,16H2,1-3H3,(H,26,28,29)/t19-/m1/s1. The fourth-order valence-electron chi connectivity index (χ4n) is 4.31. The lowest BCUT2D eigenvalue weighted by atomic mass is 10.1. The number of aromatic nitrogens is 4. The predicted molar refractivity (Wildman–Crippen MR) is 129 cm³/mol. The van der Waals surface area contributed by atoms with Gasteiger partial charge in [-0.2, -0.15) is 0 Å². The molecule has 0 bridgehead atoms. The first-order valence-electron chi connectivity index (χ1n) is 11.1. The minimum atomic E-state index is 0.0919. The summed E-state index contributed by atoms with van der Waals surface area (Å²) in [5.41, 5.74) is 5.05. The second kappa shape index (κ2) is 8.63. The minimum Gasteiger partial charge on any atom is -0.337 e. The van der Waals surface area contributed by atoms with E-state index in [9.17, 15) is 4.79 Å². The second-order valence-electron chi connectivity index (χ2n) is 8.65. The second-order valence-corrected chi connectivity index (χ2v) is 8.65. The third kappa shape index (κ3) is 4.17. The topological polar surface area (TPSA) is 78.7 Å². The van der Waals surface area contributed by atoms with Crippen molar-refractivity contribution in [3.63, 3.8) is 0 Å². The number of amides is 1. The Kier molecular flexibility index (Phi) is 5.51. The number of imidazole rings is 1. The van der Waals surface area contributed by atoms with Gasteiger partial charge < -0.3 is 15.1 Å². The van der Waals surface area contributed by atoms with E-state index in [1.807, 2.05) is 71.1 Å². The monoisotopic (exact) mass is 441 g/mol. The maximum absolute atomic E-state index is 13.0. The zero-order valence-electron chi connectivity index (χ0n) is 19.1. The van der Waals surface area contributed by atoms with Gasteiger partial charge in [0.15, 0.2) is 0 Å². The zero-order chi connectivity index (χ0) is 22.9. The van der Waals surface area contributed by atoms with Crippen LogP contribution < -0.4 is 5.32 Å². The fraction of sp³-hybridized carbons (Fsp3) is 0.280. The van der Waals surface area contributed by atoms with Gasteiger partial charge in [-0.15, -0.1) is 0 Å². The summed E-state index contributed by atoms with van der Waals surface area (Å²) in [5, 5.41) is 3.27. The molecular formula is C25H27N7O.